The minimum atomic E-state index is 0.572. The molecular weight excluding hydrogens is 322 g/mol. The second-order valence-corrected chi connectivity index (χ2v) is 5.78. The van der Waals surface area contributed by atoms with Gasteiger partial charge in [0, 0.05) is 12.3 Å². The molecule has 0 aliphatic heterocycles. The lowest BCUT2D eigenvalue weighted by Gasteiger charge is -2.11. The molecule has 0 spiro atoms. The first-order valence-corrected chi connectivity index (χ1v) is 8.54. The third kappa shape index (κ3) is 3.62. The van der Waals surface area contributed by atoms with Crippen molar-refractivity contribution in [1.29, 1.82) is 0 Å². The van der Waals surface area contributed by atoms with E-state index < -0.39 is 0 Å². The van der Waals surface area contributed by atoms with Crippen LogP contribution in [0.25, 0.3) is 11.4 Å². The molecule has 6 nitrogen and oxygen atoms in total. The molecule has 0 saturated heterocycles. The summed E-state index contributed by atoms with van der Waals surface area (Å²) in [5, 5.41) is 4.25. The number of methoxy groups -OCH3 is 1. The van der Waals surface area contributed by atoms with E-state index in [1.165, 1.54) is 0 Å². The summed E-state index contributed by atoms with van der Waals surface area (Å²) in [4.78, 5) is 17.6. The highest BCUT2D eigenvalue weighted by Crippen LogP contribution is 2.28. The van der Waals surface area contributed by atoms with Crippen LogP contribution >= 0.6 is 11.8 Å². The summed E-state index contributed by atoms with van der Waals surface area (Å²) in [5.74, 6) is 1.29. The highest BCUT2D eigenvalue weighted by Gasteiger charge is 2.11. The van der Waals surface area contributed by atoms with Crippen LogP contribution in [0.15, 0.2) is 47.8 Å². The van der Waals surface area contributed by atoms with Gasteiger partial charge in [-0.1, -0.05) is 0 Å². The standard InChI is InChI=1S/C17H17N5OS/c1-11-20-14(9-16(21-11)24-3)17-13(5-4-8-18-17)22-12-6-7-15(23-2)19-10-12/h4-10,22H,1-3H3. The molecule has 0 saturated carbocycles. The molecule has 122 valence electrons. The lowest BCUT2D eigenvalue weighted by Crippen LogP contribution is -1.99. The van der Waals surface area contributed by atoms with Gasteiger partial charge in [0.15, 0.2) is 0 Å². The van der Waals surface area contributed by atoms with Crippen LogP contribution in [-0.4, -0.2) is 33.3 Å². The number of ether oxygens (including phenoxy) is 1. The molecule has 0 atom stereocenters. The number of aromatic nitrogens is 4. The van der Waals surface area contributed by atoms with Gasteiger partial charge in [-0.2, -0.15) is 0 Å². The predicted octanol–water partition coefficient (Wildman–Crippen LogP) is 3.72. The van der Waals surface area contributed by atoms with E-state index in [-0.39, 0.29) is 0 Å². The maximum absolute atomic E-state index is 5.08. The summed E-state index contributed by atoms with van der Waals surface area (Å²) >= 11 is 1.58. The Kier molecular flexibility index (Phi) is 4.90. The average molecular weight is 339 g/mol. The zero-order valence-electron chi connectivity index (χ0n) is 13.6. The lowest BCUT2D eigenvalue weighted by atomic mass is 10.2. The number of thioether (sulfide) groups is 1. The number of hydrogen-bond acceptors (Lipinski definition) is 7. The van der Waals surface area contributed by atoms with E-state index in [0.717, 1.165) is 33.6 Å². The van der Waals surface area contributed by atoms with E-state index in [4.69, 9.17) is 4.74 Å². The number of anilines is 2. The summed E-state index contributed by atoms with van der Waals surface area (Å²) in [6.45, 7) is 1.88. The van der Waals surface area contributed by atoms with Crippen molar-refractivity contribution >= 4 is 23.1 Å². The Hall–Kier alpha value is -2.67. The molecule has 24 heavy (non-hydrogen) atoms. The number of pyridine rings is 2. The van der Waals surface area contributed by atoms with Gasteiger partial charge in [0.05, 0.1) is 30.4 Å². The second-order valence-electron chi connectivity index (χ2n) is 4.96. The Balaban J connectivity index is 1.97. The van der Waals surface area contributed by atoms with Gasteiger partial charge in [-0.3, -0.25) is 4.98 Å². The van der Waals surface area contributed by atoms with Crippen LogP contribution in [0.5, 0.6) is 5.88 Å². The molecule has 0 amide bonds. The number of nitrogens with one attached hydrogen (secondary N) is 1. The Bertz CT molecular complexity index is 839. The molecule has 0 fully saturated rings. The highest BCUT2D eigenvalue weighted by molar-refractivity contribution is 7.98. The maximum atomic E-state index is 5.08. The zero-order valence-corrected chi connectivity index (χ0v) is 14.5. The van der Waals surface area contributed by atoms with Crippen molar-refractivity contribution in [2.75, 3.05) is 18.7 Å². The van der Waals surface area contributed by atoms with Crippen molar-refractivity contribution < 1.29 is 4.74 Å². The van der Waals surface area contributed by atoms with Crippen molar-refractivity contribution in [2.24, 2.45) is 0 Å². The minimum Gasteiger partial charge on any atom is -0.481 e. The van der Waals surface area contributed by atoms with E-state index in [1.54, 1.807) is 37.3 Å². The van der Waals surface area contributed by atoms with Gasteiger partial charge in [-0.15, -0.1) is 11.8 Å². The molecule has 1 N–H and O–H groups in total. The summed E-state index contributed by atoms with van der Waals surface area (Å²) in [6.07, 6.45) is 5.46. The summed E-state index contributed by atoms with van der Waals surface area (Å²) in [5.41, 5.74) is 3.26. The van der Waals surface area contributed by atoms with E-state index in [2.05, 4.69) is 25.3 Å². The first kappa shape index (κ1) is 16.2. The van der Waals surface area contributed by atoms with Crippen LogP contribution in [0.2, 0.25) is 0 Å². The van der Waals surface area contributed by atoms with Crippen molar-refractivity contribution in [1.82, 2.24) is 19.9 Å². The Morgan fingerprint density at radius 3 is 2.71 bits per heavy atom. The monoisotopic (exact) mass is 339 g/mol. The van der Waals surface area contributed by atoms with Crippen LogP contribution in [0.1, 0.15) is 5.82 Å². The highest BCUT2D eigenvalue weighted by atomic mass is 32.2. The van der Waals surface area contributed by atoms with E-state index >= 15 is 0 Å². The molecular formula is C17H17N5OS. The first-order valence-electron chi connectivity index (χ1n) is 7.31. The number of rotatable bonds is 5. The zero-order chi connectivity index (χ0) is 16.9. The number of nitrogens with zero attached hydrogens (tertiary/aromatic N) is 4. The van der Waals surface area contributed by atoms with Crippen LogP contribution in [0, 0.1) is 6.92 Å². The smallest absolute Gasteiger partial charge is 0.213 e. The molecule has 3 aromatic rings. The molecule has 0 radical (unpaired) electrons. The van der Waals surface area contributed by atoms with Gasteiger partial charge in [0.2, 0.25) is 5.88 Å². The Morgan fingerprint density at radius 1 is 1.12 bits per heavy atom. The van der Waals surface area contributed by atoms with Gasteiger partial charge in [0.25, 0.3) is 0 Å². The molecule has 3 heterocycles. The quantitative estimate of drug-likeness (QED) is 0.561. The lowest BCUT2D eigenvalue weighted by molar-refractivity contribution is 0.398. The Labute approximate surface area is 144 Å². The molecule has 3 aromatic heterocycles. The van der Waals surface area contributed by atoms with Gasteiger partial charge < -0.3 is 10.1 Å². The van der Waals surface area contributed by atoms with Crippen molar-refractivity contribution in [3.8, 4) is 17.3 Å². The average Bonchev–Trinajstić information content (AvgIpc) is 2.62. The van der Waals surface area contributed by atoms with E-state index in [0.29, 0.717) is 5.88 Å². The van der Waals surface area contributed by atoms with Crippen molar-refractivity contribution in [3.63, 3.8) is 0 Å². The third-order valence-electron chi connectivity index (χ3n) is 3.30. The molecule has 3 rings (SSSR count). The SMILES string of the molecule is COc1ccc(Nc2cccnc2-c2cc(SC)nc(C)n2)cn1. The normalized spacial score (nSPS) is 10.5. The first-order chi connectivity index (χ1) is 11.7. The van der Waals surface area contributed by atoms with Crippen LogP contribution in [-0.2, 0) is 0 Å². The fourth-order valence-electron chi connectivity index (χ4n) is 2.21. The van der Waals surface area contributed by atoms with Gasteiger partial charge >= 0.3 is 0 Å². The molecule has 7 heteroatoms. The van der Waals surface area contributed by atoms with Crippen LogP contribution < -0.4 is 10.1 Å². The molecule has 0 aromatic carbocycles. The summed E-state index contributed by atoms with van der Waals surface area (Å²) < 4.78 is 5.08. The van der Waals surface area contributed by atoms with Crippen molar-refractivity contribution in [2.45, 2.75) is 11.9 Å². The number of aryl methyl sites for hydroxylation is 1. The fraction of sp³-hybridized carbons (Fsp3) is 0.176. The molecule has 0 aliphatic rings. The topological polar surface area (TPSA) is 72.8 Å². The largest absolute Gasteiger partial charge is 0.481 e. The minimum absolute atomic E-state index is 0.572. The Morgan fingerprint density at radius 2 is 2.00 bits per heavy atom. The molecule has 0 bridgehead atoms. The van der Waals surface area contributed by atoms with Crippen molar-refractivity contribution in [3.05, 3.63) is 48.5 Å². The molecule has 0 aliphatic carbocycles. The van der Waals surface area contributed by atoms with Crippen LogP contribution in [0.4, 0.5) is 11.4 Å². The predicted molar refractivity (Wildman–Crippen MR) is 95.9 cm³/mol. The summed E-state index contributed by atoms with van der Waals surface area (Å²) in [7, 11) is 1.59. The van der Waals surface area contributed by atoms with E-state index in [9.17, 15) is 0 Å². The van der Waals surface area contributed by atoms with Crippen LogP contribution in [0.3, 0.4) is 0 Å². The second kappa shape index (κ2) is 7.27. The van der Waals surface area contributed by atoms with E-state index in [1.807, 2.05) is 37.4 Å². The summed E-state index contributed by atoms with van der Waals surface area (Å²) in [6, 6.07) is 9.49. The fourth-order valence-corrected chi connectivity index (χ4v) is 2.66. The molecule has 0 unspecified atom stereocenters. The maximum Gasteiger partial charge on any atom is 0.213 e. The van der Waals surface area contributed by atoms with Gasteiger partial charge in [-0.25, -0.2) is 15.0 Å². The number of hydrogen-bond donors (Lipinski definition) is 1. The third-order valence-corrected chi connectivity index (χ3v) is 3.93. The van der Waals surface area contributed by atoms with Gasteiger partial charge in [0.1, 0.15) is 16.5 Å². The van der Waals surface area contributed by atoms with Gasteiger partial charge in [-0.05, 0) is 37.4 Å².